The molecule has 1 aromatic rings. The molecule has 1 rings (SSSR count). The van der Waals surface area contributed by atoms with E-state index in [1.54, 1.807) is 32.6 Å². The van der Waals surface area contributed by atoms with E-state index in [0.717, 1.165) is 68.1 Å². The summed E-state index contributed by atoms with van der Waals surface area (Å²) in [5, 5.41) is 5.75. The van der Waals surface area contributed by atoms with Crippen LogP contribution in [0.25, 0.3) is 0 Å². The Kier molecular flexibility index (Phi) is 14.3. The molecule has 0 saturated carbocycles. The van der Waals surface area contributed by atoms with E-state index in [1.807, 2.05) is 32.0 Å². The second-order valence-corrected chi connectivity index (χ2v) is 11.1. The Hall–Kier alpha value is -2.57. The highest BCUT2D eigenvalue weighted by molar-refractivity contribution is 5.92. The fraction of sp³-hybridized carbons (Fsp3) is 0.700. The third-order valence-electron chi connectivity index (χ3n) is 6.26. The van der Waals surface area contributed by atoms with Crippen molar-refractivity contribution in [2.75, 3.05) is 13.1 Å². The molecule has 210 valence electrons. The number of carbonyl (C=O) groups is 3. The Bertz CT molecular complexity index is 863. The number of amides is 3. The van der Waals surface area contributed by atoms with Crippen molar-refractivity contribution in [2.45, 2.75) is 124 Å². The zero-order valence-electron chi connectivity index (χ0n) is 24.5. The van der Waals surface area contributed by atoms with E-state index in [4.69, 9.17) is 4.74 Å². The van der Waals surface area contributed by atoms with Gasteiger partial charge in [-0.2, -0.15) is 0 Å². The molecule has 37 heavy (non-hydrogen) atoms. The minimum Gasteiger partial charge on any atom is -0.444 e. The van der Waals surface area contributed by atoms with Gasteiger partial charge >= 0.3 is 6.09 Å². The van der Waals surface area contributed by atoms with Crippen molar-refractivity contribution in [2.24, 2.45) is 0 Å². The van der Waals surface area contributed by atoms with Gasteiger partial charge in [-0.3, -0.25) is 9.59 Å². The van der Waals surface area contributed by atoms with Crippen molar-refractivity contribution in [3.8, 4) is 0 Å². The molecule has 2 N–H and O–H groups in total. The van der Waals surface area contributed by atoms with Gasteiger partial charge in [0.1, 0.15) is 17.7 Å². The van der Waals surface area contributed by atoms with E-state index in [1.165, 1.54) is 0 Å². The van der Waals surface area contributed by atoms with Gasteiger partial charge in [0.05, 0.1) is 0 Å². The number of carbonyl (C=O) groups excluding carboxylic acids is 3. The molecule has 7 nitrogen and oxygen atoms in total. The lowest BCUT2D eigenvalue weighted by Gasteiger charge is -2.34. The average Bonchev–Trinajstić information content (AvgIpc) is 2.81. The second-order valence-electron chi connectivity index (χ2n) is 11.1. The Morgan fingerprint density at radius 1 is 0.946 bits per heavy atom. The third-order valence-corrected chi connectivity index (χ3v) is 6.26. The first-order valence-electron chi connectivity index (χ1n) is 14.1. The summed E-state index contributed by atoms with van der Waals surface area (Å²) in [7, 11) is 0. The van der Waals surface area contributed by atoms with Crippen LogP contribution >= 0.6 is 0 Å². The first-order valence-corrected chi connectivity index (χ1v) is 14.1. The van der Waals surface area contributed by atoms with Gasteiger partial charge in [-0.15, -0.1) is 0 Å². The number of alkyl carbamates (subject to hydrolysis) is 1. The Balaban J connectivity index is 3.32. The summed E-state index contributed by atoms with van der Waals surface area (Å²) in [5.74, 6) is -0.479. The summed E-state index contributed by atoms with van der Waals surface area (Å²) < 4.78 is 5.37. The molecule has 0 heterocycles. The van der Waals surface area contributed by atoms with Gasteiger partial charge in [-0.25, -0.2) is 4.79 Å². The van der Waals surface area contributed by atoms with Gasteiger partial charge in [0.2, 0.25) is 11.8 Å². The van der Waals surface area contributed by atoms with Gasteiger partial charge in [-0.1, -0.05) is 76.1 Å². The van der Waals surface area contributed by atoms with Crippen LogP contribution < -0.4 is 10.6 Å². The summed E-state index contributed by atoms with van der Waals surface area (Å²) in [6.07, 6.45) is 7.46. The van der Waals surface area contributed by atoms with Gasteiger partial charge < -0.3 is 20.3 Å². The number of hydrogen-bond donors (Lipinski definition) is 2. The number of hydrogen-bond acceptors (Lipinski definition) is 4. The molecule has 3 amide bonds. The lowest BCUT2D eigenvalue weighted by atomic mass is 9.95. The van der Waals surface area contributed by atoms with Crippen molar-refractivity contribution in [1.82, 2.24) is 15.5 Å². The molecule has 0 aliphatic carbocycles. The number of nitrogens with zero attached hydrogens (tertiary/aromatic N) is 1. The average molecular weight is 518 g/mol. The summed E-state index contributed by atoms with van der Waals surface area (Å²) in [4.78, 5) is 41.6. The van der Waals surface area contributed by atoms with E-state index in [2.05, 4.69) is 24.5 Å². The minimum absolute atomic E-state index is 0.184. The minimum atomic E-state index is -0.842. The fourth-order valence-corrected chi connectivity index (χ4v) is 4.24. The van der Waals surface area contributed by atoms with Crippen LogP contribution in [0.5, 0.6) is 0 Å². The van der Waals surface area contributed by atoms with Crippen LogP contribution in [0.15, 0.2) is 18.2 Å². The SMILES string of the molecule is CCCCCCCN(C(=O)C(C)NC(=O)OC(C)(C)C)C(C(=O)NCCCCC)c1cc(C)ccc1C. The van der Waals surface area contributed by atoms with Gasteiger partial charge in [0, 0.05) is 13.1 Å². The molecule has 0 aromatic heterocycles. The molecule has 0 radical (unpaired) electrons. The second kappa shape index (κ2) is 16.3. The quantitative estimate of drug-likeness (QED) is 0.265. The molecule has 2 unspecified atom stereocenters. The number of rotatable bonds is 15. The van der Waals surface area contributed by atoms with E-state index < -0.39 is 23.8 Å². The zero-order valence-corrected chi connectivity index (χ0v) is 24.5. The molecule has 1 aromatic carbocycles. The summed E-state index contributed by atoms with van der Waals surface area (Å²) >= 11 is 0. The number of aryl methyl sites for hydroxylation is 2. The van der Waals surface area contributed by atoms with Crippen LogP contribution in [0.3, 0.4) is 0 Å². The smallest absolute Gasteiger partial charge is 0.408 e. The van der Waals surface area contributed by atoms with Crippen molar-refractivity contribution in [3.63, 3.8) is 0 Å². The molecule has 0 bridgehead atoms. The number of ether oxygens (including phenoxy) is 1. The lowest BCUT2D eigenvalue weighted by Crippen LogP contribution is -2.52. The van der Waals surface area contributed by atoms with Gasteiger partial charge in [-0.05, 0) is 65.5 Å². The molecular formula is C30H51N3O4. The highest BCUT2D eigenvalue weighted by Crippen LogP contribution is 2.27. The third kappa shape index (κ3) is 12.0. The maximum atomic E-state index is 13.8. The van der Waals surface area contributed by atoms with Gasteiger partial charge in [0.15, 0.2) is 0 Å². The van der Waals surface area contributed by atoms with Crippen LogP contribution in [0.4, 0.5) is 4.79 Å². The standard InChI is InChI=1S/C30H51N3O4/c1-9-11-13-14-16-20-33(28(35)24(5)32-29(36)37-30(6,7)8)26(27(34)31-19-15-12-10-2)25-21-22(3)17-18-23(25)4/h17-18,21,24,26H,9-16,19-20H2,1-8H3,(H,31,34)(H,32,36). The molecule has 0 spiro atoms. The van der Waals surface area contributed by atoms with Crippen LogP contribution in [0.1, 0.15) is 116 Å². The molecule has 2 atom stereocenters. The molecule has 0 aliphatic heterocycles. The zero-order chi connectivity index (χ0) is 28.0. The molecule has 0 saturated heterocycles. The Labute approximate surface area is 225 Å². The van der Waals surface area contributed by atoms with Crippen LogP contribution in [-0.2, 0) is 14.3 Å². The van der Waals surface area contributed by atoms with E-state index >= 15 is 0 Å². The van der Waals surface area contributed by atoms with Crippen molar-refractivity contribution in [1.29, 1.82) is 0 Å². The first kappa shape index (κ1) is 32.5. The monoisotopic (exact) mass is 517 g/mol. The number of benzene rings is 1. The summed E-state index contributed by atoms with van der Waals surface area (Å²) in [5.41, 5.74) is 2.13. The number of unbranched alkanes of at least 4 members (excludes halogenated alkanes) is 6. The Morgan fingerprint density at radius 2 is 1.57 bits per heavy atom. The first-order chi connectivity index (χ1) is 17.4. The summed E-state index contributed by atoms with van der Waals surface area (Å²) in [6, 6.07) is 4.39. The predicted octanol–water partition coefficient (Wildman–Crippen LogP) is 6.36. The largest absolute Gasteiger partial charge is 0.444 e. The molecule has 7 heteroatoms. The normalized spacial score (nSPS) is 13.0. The topological polar surface area (TPSA) is 87.7 Å². The van der Waals surface area contributed by atoms with E-state index in [9.17, 15) is 14.4 Å². The van der Waals surface area contributed by atoms with Crippen LogP contribution in [0, 0.1) is 13.8 Å². The molecule has 0 fully saturated rings. The highest BCUT2D eigenvalue weighted by Gasteiger charge is 2.35. The number of nitrogens with one attached hydrogen (secondary N) is 2. The van der Waals surface area contributed by atoms with Crippen LogP contribution in [0.2, 0.25) is 0 Å². The summed E-state index contributed by atoms with van der Waals surface area (Å²) in [6.45, 7) is 16.2. The van der Waals surface area contributed by atoms with Gasteiger partial charge in [0.25, 0.3) is 0 Å². The van der Waals surface area contributed by atoms with E-state index in [-0.39, 0.29) is 11.8 Å². The molecule has 0 aliphatic rings. The Morgan fingerprint density at radius 3 is 2.19 bits per heavy atom. The fourth-order valence-electron chi connectivity index (χ4n) is 4.24. The van der Waals surface area contributed by atoms with E-state index in [0.29, 0.717) is 13.1 Å². The maximum absolute atomic E-state index is 13.8. The highest BCUT2D eigenvalue weighted by atomic mass is 16.6. The van der Waals surface area contributed by atoms with Crippen molar-refractivity contribution < 1.29 is 19.1 Å². The lowest BCUT2D eigenvalue weighted by molar-refractivity contribution is -0.142. The van der Waals surface area contributed by atoms with Crippen LogP contribution in [-0.4, -0.2) is 47.5 Å². The van der Waals surface area contributed by atoms with Crippen molar-refractivity contribution >= 4 is 17.9 Å². The maximum Gasteiger partial charge on any atom is 0.408 e. The predicted molar refractivity (Wildman–Crippen MR) is 150 cm³/mol. The molecular weight excluding hydrogens is 466 g/mol. The van der Waals surface area contributed by atoms with Crippen molar-refractivity contribution in [3.05, 3.63) is 34.9 Å².